The number of hydrogen-bond acceptors (Lipinski definition) is 4. The van der Waals surface area contributed by atoms with Crippen LogP contribution in [0.3, 0.4) is 0 Å². The van der Waals surface area contributed by atoms with Crippen molar-refractivity contribution in [2.75, 3.05) is 13.2 Å². The lowest BCUT2D eigenvalue weighted by atomic mass is 10.1. The summed E-state index contributed by atoms with van der Waals surface area (Å²) in [7, 11) is 0. The monoisotopic (exact) mass is 305 g/mol. The molecule has 0 amide bonds. The van der Waals surface area contributed by atoms with Gasteiger partial charge in [0.05, 0.1) is 28.1 Å². The highest BCUT2D eigenvalue weighted by Gasteiger charge is 2.19. The Morgan fingerprint density at radius 1 is 1.53 bits per heavy atom. The van der Waals surface area contributed by atoms with Crippen LogP contribution in [-0.2, 0) is 13.1 Å². The largest absolute Gasteiger partial charge is 0.393 e. The van der Waals surface area contributed by atoms with Crippen LogP contribution < -0.4 is 5.32 Å². The number of hydrogen-bond donors (Lipinski definition) is 3. The van der Waals surface area contributed by atoms with Gasteiger partial charge >= 0.3 is 0 Å². The average Bonchev–Trinajstić information content (AvgIpc) is 2.56. The topological polar surface area (TPSA) is 70.3 Å². The van der Waals surface area contributed by atoms with Crippen molar-refractivity contribution in [1.82, 2.24) is 15.1 Å². The van der Waals surface area contributed by atoms with E-state index in [0.717, 1.165) is 22.4 Å². The lowest BCUT2D eigenvalue weighted by molar-refractivity contribution is 0.00242. The fraction of sp³-hybridized carbons (Fsp3) is 0.727. The molecule has 1 heterocycles. The molecule has 0 saturated heterocycles. The van der Waals surface area contributed by atoms with Crippen molar-refractivity contribution in [2.24, 2.45) is 0 Å². The van der Waals surface area contributed by atoms with Crippen LogP contribution >= 0.6 is 15.9 Å². The van der Waals surface area contributed by atoms with Crippen LogP contribution in [0, 0.1) is 6.92 Å². The van der Waals surface area contributed by atoms with Gasteiger partial charge in [0.25, 0.3) is 0 Å². The van der Waals surface area contributed by atoms with Crippen molar-refractivity contribution in [1.29, 1.82) is 0 Å². The molecular formula is C11H20BrN3O2. The Labute approximate surface area is 110 Å². The SMILES string of the molecule is CCn1nc(C)c(Br)c1CNCC(C)(O)CO. The first-order valence-electron chi connectivity index (χ1n) is 5.67. The summed E-state index contributed by atoms with van der Waals surface area (Å²) in [5.74, 6) is 0. The van der Waals surface area contributed by atoms with Crippen molar-refractivity contribution in [3.63, 3.8) is 0 Å². The molecule has 1 aromatic heterocycles. The van der Waals surface area contributed by atoms with Crippen LogP contribution in [0.25, 0.3) is 0 Å². The van der Waals surface area contributed by atoms with E-state index in [9.17, 15) is 5.11 Å². The van der Waals surface area contributed by atoms with Crippen LogP contribution in [0.15, 0.2) is 4.47 Å². The summed E-state index contributed by atoms with van der Waals surface area (Å²) in [5.41, 5.74) is 0.926. The Morgan fingerprint density at radius 2 is 2.18 bits per heavy atom. The maximum Gasteiger partial charge on any atom is 0.0972 e. The summed E-state index contributed by atoms with van der Waals surface area (Å²) in [5, 5.41) is 26.1. The number of rotatable bonds is 6. The third-order valence-corrected chi connectivity index (χ3v) is 3.62. The summed E-state index contributed by atoms with van der Waals surface area (Å²) in [6, 6.07) is 0. The van der Waals surface area contributed by atoms with Crippen molar-refractivity contribution in [3.05, 3.63) is 15.9 Å². The van der Waals surface area contributed by atoms with Gasteiger partial charge in [-0.3, -0.25) is 4.68 Å². The Bertz CT molecular complexity index is 377. The minimum absolute atomic E-state index is 0.257. The van der Waals surface area contributed by atoms with Gasteiger partial charge in [-0.1, -0.05) is 0 Å². The second kappa shape index (κ2) is 5.95. The molecule has 0 fully saturated rings. The number of aliphatic hydroxyl groups excluding tert-OH is 1. The van der Waals surface area contributed by atoms with Gasteiger partial charge in [-0.15, -0.1) is 0 Å². The van der Waals surface area contributed by atoms with Crippen molar-refractivity contribution < 1.29 is 10.2 Å². The van der Waals surface area contributed by atoms with Crippen molar-refractivity contribution in [2.45, 2.75) is 39.5 Å². The van der Waals surface area contributed by atoms with Crippen molar-refractivity contribution >= 4 is 15.9 Å². The molecule has 98 valence electrons. The number of aliphatic hydroxyl groups is 2. The third kappa shape index (κ3) is 3.77. The lowest BCUT2D eigenvalue weighted by Crippen LogP contribution is -2.40. The molecule has 0 spiro atoms. The standard InChI is InChI=1S/C11H20BrN3O2/c1-4-15-9(10(12)8(2)14-15)5-13-6-11(3,17)7-16/h13,16-17H,4-7H2,1-3H3. The summed E-state index contributed by atoms with van der Waals surface area (Å²) >= 11 is 3.50. The summed E-state index contributed by atoms with van der Waals surface area (Å²) in [4.78, 5) is 0. The molecule has 0 aliphatic carbocycles. The average molecular weight is 306 g/mol. The normalized spacial score (nSPS) is 14.9. The lowest BCUT2D eigenvalue weighted by Gasteiger charge is -2.20. The van der Waals surface area contributed by atoms with Gasteiger partial charge < -0.3 is 15.5 Å². The maximum absolute atomic E-state index is 9.66. The number of nitrogens with one attached hydrogen (secondary N) is 1. The van der Waals surface area contributed by atoms with Gasteiger partial charge in [0.15, 0.2) is 0 Å². The van der Waals surface area contributed by atoms with E-state index in [1.54, 1.807) is 6.92 Å². The van der Waals surface area contributed by atoms with Gasteiger partial charge in [0, 0.05) is 19.6 Å². The van der Waals surface area contributed by atoms with E-state index in [1.807, 2.05) is 18.5 Å². The Kier molecular flexibility index (Phi) is 5.12. The van der Waals surface area contributed by atoms with Crippen LogP contribution in [0.5, 0.6) is 0 Å². The van der Waals surface area contributed by atoms with Crippen LogP contribution in [0.1, 0.15) is 25.2 Å². The molecule has 0 saturated carbocycles. The first-order chi connectivity index (χ1) is 7.91. The predicted molar refractivity (Wildman–Crippen MR) is 69.8 cm³/mol. The van der Waals surface area contributed by atoms with Crippen molar-refractivity contribution in [3.8, 4) is 0 Å². The Balaban J connectivity index is 2.63. The molecule has 0 aromatic carbocycles. The summed E-state index contributed by atoms with van der Waals surface area (Å²) in [6.45, 7) is 7.07. The number of aryl methyl sites for hydroxylation is 2. The predicted octanol–water partition coefficient (Wildman–Crippen LogP) is 0.807. The van der Waals surface area contributed by atoms with Gasteiger partial charge in [-0.25, -0.2) is 0 Å². The third-order valence-electron chi connectivity index (χ3n) is 2.59. The minimum atomic E-state index is -1.08. The fourth-order valence-electron chi connectivity index (χ4n) is 1.54. The minimum Gasteiger partial charge on any atom is -0.393 e. The highest BCUT2D eigenvalue weighted by Crippen LogP contribution is 2.20. The molecular weight excluding hydrogens is 286 g/mol. The van der Waals surface area contributed by atoms with E-state index < -0.39 is 5.60 Å². The highest BCUT2D eigenvalue weighted by atomic mass is 79.9. The quantitative estimate of drug-likeness (QED) is 0.727. The Morgan fingerprint density at radius 3 is 2.71 bits per heavy atom. The molecule has 1 atom stereocenters. The molecule has 17 heavy (non-hydrogen) atoms. The zero-order valence-corrected chi connectivity index (χ0v) is 12.1. The van der Waals surface area contributed by atoms with E-state index >= 15 is 0 Å². The smallest absolute Gasteiger partial charge is 0.0972 e. The summed E-state index contributed by atoms with van der Waals surface area (Å²) in [6.07, 6.45) is 0. The molecule has 1 aromatic rings. The fourth-order valence-corrected chi connectivity index (χ4v) is 1.97. The molecule has 1 unspecified atom stereocenters. The zero-order valence-electron chi connectivity index (χ0n) is 10.5. The second-order valence-electron chi connectivity index (χ2n) is 4.42. The molecule has 5 nitrogen and oxygen atoms in total. The Hall–Kier alpha value is -0.430. The molecule has 0 aliphatic rings. The molecule has 0 bridgehead atoms. The van der Waals surface area contributed by atoms with Crippen LogP contribution in [0.2, 0.25) is 0 Å². The zero-order chi connectivity index (χ0) is 13.1. The van der Waals surface area contributed by atoms with E-state index in [-0.39, 0.29) is 6.61 Å². The molecule has 0 aliphatic heterocycles. The van der Waals surface area contributed by atoms with Crippen LogP contribution in [0.4, 0.5) is 0 Å². The number of halogens is 1. The molecule has 6 heteroatoms. The van der Waals surface area contributed by atoms with E-state index in [1.165, 1.54) is 0 Å². The van der Waals surface area contributed by atoms with Gasteiger partial charge in [-0.05, 0) is 36.7 Å². The highest BCUT2D eigenvalue weighted by molar-refractivity contribution is 9.10. The molecule has 0 radical (unpaired) electrons. The van der Waals surface area contributed by atoms with Crippen LogP contribution in [-0.4, -0.2) is 38.7 Å². The van der Waals surface area contributed by atoms with E-state index in [4.69, 9.17) is 5.11 Å². The van der Waals surface area contributed by atoms with Gasteiger partial charge in [0.2, 0.25) is 0 Å². The van der Waals surface area contributed by atoms with Gasteiger partial charge in [-0.2, -0.15) is 5.10 Å². The number of nitrogens with zero attached hydrogens (tertiary/aromatic N) is 2. The summed E-state index contributed by atoms with van der Waals surface area (Å²) < 4.78 is 2.91. The molecule has 1 rings (SSSR count). The second-order valence-corrected chi connectivity index (χ2v) is 5.21. The first-order valence-corrected chi connectivity index (χ1v) is 6.46. The number of aromatic nitrogens is 2. The molecule has 3 N–H and O–H groups in total. The van der Waals surface area contributed by atoms with E-state index in [0.29, 0.717) is 13.1 Å². The first kappa shape index (κ1) is 14.6. The van der Waals surface area contributed by atoms with E-state index in [2.05, 4.69) is 26.3 Å². The maximum atomic E-state index is 9.66. The van der Waals surface area contributed by atoms with Gasteiger partial charge in [0.1, 0.15) is 0 Å².